The number of carbonyl (C=O) groups is 1. The molecule has 198 valence electrons. The summed E-state index contributed by atoms with van der Waals surface area (Å²) in [5.41, 5.74) is 3.09. The van der Waals surface area contributed by atoms with E-state index in [0.29, 0.717) is 36.3 Å². The van der Waals surface area contributed by atoms with E-state index in [4.69, 9.17) is 9.47 Å². The third kappa shape index (κ3) is 9.99. The molecule has 3 aromatic rings. The average Bonchev–Trinajstić information content (AvgIpc) is 2.92. The van der Waals surface area contributed by atoms with Gasteiger partial charge in [0.05, 0.1) is 19.0 Å². The third-order valence-electron chi connectivity index (χ3n) is 6.58. The average molecular weight is 503 g/mol. The van der Waals surface area contributed by atoms with Gasteiger partial charge in [-0.15, -0.1) is 0 Å². The molecule has 1 aromatic heterocycles. The predicted octanol–water partition coefficient (Wildman–Crippen LogP) is 8.67. The van der Waals surface area contributed by atoms with Gasteiger partial charge in [0, 0.05) is 12.0 Å². The Labute approximate surface area is 222 Å². The molecule has 5 heteroatoms. The number of hydrogen-bond donors (Lipinski definition) is 0. The molecule has 0 saturated heterocycles. The summed E-state index contributed by atoms with van der Waals surface area (Å²) in [6.07, 6.45) is 14.6. The van der Waals surface area contributed by atoms with Crippen LogP contribution in [0.5, 0.6) is 11.5 Å². The van der Waals surface area contributed by atoms with Gasteiger partial charge in [-0.05, 0) is 42.0 Å². The van der Waals surface area contributed by atoms with E-state index in [-0.39, 0.29) is 5.97 Å². The van der Waals surface area contributed by atoms with E-state index in [1.165, 1.54) is 32.1 Å². The van der Waals surface area contributed by atoms with Crippen molar-refractivity contribution in [3.63, 3.8) is 0 Å². The second kappa shape index (κ2) is 15.8. The van der Waals surface area contributed by atoms with Gasteiger partial charge < -0.3 is 9.47 Å². The van der Waals surface area contributed by atoms with Crippen LogP contribution in [0, 0.1) is 5.92 Å². The van der Waals surface area contributed by atoms with Crippen LogP contribution in [-0.2, 0) is 4.79 Å². The van der Waals surface area contributed by atoms with E-state index >= 15 is 0 Å². The number of nitrogens with zero attached hydrogens (tertiary/aromatic N) is 2. The first-order valence-corrected chi connectivity index (χ1v) is 14.0. The molecule has 2 aromatic carbocycles. The molecule has 3 rings (SSSR count). The number of hydrogen-bond acceptors (Lipinski definition) is 5. The summed E-state index contributed by atoms with van der Waals surface area (Å²) in [6.45, 7) is 7.30. The minimum absolute atomic E-state index is 0.168. The lowest BCUT2D eigenvalue weighted by Crippen LogP contribution is -2.09. The van der Waals surface area contributed by atoms with E-state index in [1.807, 2.05) is 36.4 Å². The minimum atomic E-state index is -0.168. The summed E-state index contributed by atoms with van der Waals surface area (Å²) >= 11 is 0. The maximum Gasteiger partial charge on any atom is 0.311 e. The molecule has 0 spiro atoms. The van der Waals surface area contributed by atoms with Gasteiger partial charge >= 0.3 is 5.97 Å². The maximum atomic E-state index is 12.1. The Bertz CT molecular complexity index is 1050. The highest BCUT2D eigenvalue weighted by atomic mass is 16.5. The lowest BCUT2D eigenvalue weighted by molar-refractivity contribution is -0.134. The Morgan fingerprint density at radius 1 is 0.730 bits per heavy atom. The van der Waals surface area contributed by atoms with Crippen molar-refractivity contribution in [3.8, 4) is 34.0 Å². The Kier molecular flexibility index (Phi) is 12.1. The standard InChI is InChI=1S/C32H42N2O3/c1-4-6-7-8-9-10-22-36-30-23-33-32(34-24-30)28-15-13-26(14-16-28)27-17-19-29(20-18-27)37-31(35)21-12-25(3)11-5-2/h13-20,23-25H,4-12,21-22H2,1-3H3. The van der Waals surface area contributed by atoms with Crippen LogP contribution in [0.3, 0.4) is 0 Å². The van der Waals surface area contributed by atoms with Crippen molar-refractivity contribution in [2.75, 3.05) is 6.61 Å². The van der Waals surface area contributed by atoms with Crippen LogP contribution < -0.4 is 9.47 Å². The molecule has 0 aliphatic heterocycles. The third-order valence-corrected chi connectivity index (χ3v) is 6.58. The monoisotopic (exact) mass is 502 g/mol. The van der Waals surface area contributed by atoms with E-state index in [9.17, 15) is 4.79 Å². The molecule has 0 radical (unpaired) electrons. The molecule has 1 unspecified atom stereocenters. The zero-order valence-electron chi connectivity index (χ0n) is 22.7. The van der Waals surface area contributed by atoms with Gasteiger partial charge in [-0.1, -0.05) is 102 Å². The van der Waals surface area contributed by atoms with Crippen molar-refractivity contribution in [2.24, 2.45) is 5.92 Å². The SMILES string of the molecule is CCCCCCCCOc1cnc(-c2ccc(-c3ccc(OC(=O)CCC(C)CCC)cc3)cc2)nc1. The summed E-state index contributed by atoms with van der Waals surface area (Å²) in [5.74, 6) is 2.35. The normalized spacial score (nSPS) is 11.8. The van der Waals surface area contributed by atoms with Crippen molar-refractivity contribution in [1.82, 2.24) is 9.97 Å². The molecule has 0 aliphatic rings. The quantitative estimate of drug-likeness (QED) is 0.111. The van der Waals surface area contributed by atoms with E-state index < -0.39 is 0 Å². The van der Waals surface area contributed by atoms with Crippen molar-refractivity contribution in [1.29, 1.82) is 0 Å². The molecule has 0 amide bonds. The molecule has 0 saturated carbocycles. The highest BCUT2D eigenvalue weighted by molar-refractivity contribution is 5.73. The molecule has 0 aliphatic carbocycles. The molecular weight excluding hydrogens is 460 g/mol. The lowest BCUT2D eigenvalue weighted by Gasteiger charge is -2.10. The highest BCUT2D eigenvalue weighted by Crippen LogP contribution is 2.26. The fraction of sp³-hybridized carbons (Fsp3) is 0.469. The summed E-state index contributed by atoms with van der Waals surface area (Å²) in [4.78, 5) is 21.1. The van der Waals surface area contributed by atoms with Crippen LogP contribution in [0.15, 0.2) is 60.9 Å². The number of rotatable bonds is 16. The summed E-state index contributed by atoms with van der Waals surface area (Å²) < 4.78 is 11.3. The molecule has 5 nitrogen and oxygen atoms in total. The zero-order valence-corrected chi connectivity index (χ0v) is 22.7. The first kappa shape index (κ1) is 28.4. The van der Waals surface area contributed by atoms with E-state index in [0.717, 1.165) is 42.4 Å². The summed E-state index contributed by atoms with van der Waals surface area (Å²) in [5, 5.41) is 0. The first-order chi connectivity index (χ1) is 18.1. The molecule has 0 N–H and O–H groups in total. The Hall–Kier alpha value is -3.21. The molecule has 37 heavy (non-hydrogen) atoms. The van der Waals surface area contributed by atoms with Gasteiger partial charge in [0.2, 0.25) is 0 Å². The lowest BCUT2D eigenvalue weighted by atomic mass is 10.0. The number of carbonyl (C=O) groups excluding carboxylic acids is 1. The van der Waals surface area contributed by atoms with Gasteiger partial charge in [0.25, 0.3) is 0 Å². The van der Waals surface area contributed by atoms with Crippen LogP contribution in [0.4, 0.5) is 0 Å². The van der Waals surface area contributed by atoms with Crippen LogP contribution in [0.25, 0.3) is 22.5 Å². The fourth-order valence-corrected chi connectivity index (χ4v) is 4.32. The predicted molar refractivity (Wildman–Crippen MR) is 151 cm³/mol. The van der Waals surface area contributed by atoms with E-state index in [2.05, 4.69) is 42.9 Å². The molecule has 1 atom stereocenters. The molecule has 0 fully saturated rings. The Morgan fingerprint density at radius 3 is 1.97 bits per heavy atom. The Morgan fingerprint density at radius 2 is 1.32 bits per heavy atom. The summed E-state index contributed by atoms with van der Waals surface area (Å²) in [6, 6.07) is 15.8. The van der Waals surface area contributed by atoms with Crippen LogP contribution in [-0.4, -0.2) is 22.5 Å². The van der Waals surface area contributed by atoms with Crippen LogP contribution in [0.2, 0.25) is 0 Å². The highest BCUT2D eigenvalue weighted by Gasteiger charge is 2.09. The maximum absolute atomic E-state index is 12.1. The van der Waals surface area contributed by atoms with Crippen LogP contribution >= 0.6 is 0 Å². The number of aromatic nitrogens is 2. The smallest absolute Gasteiger partial charge is 0.311 e. The largest absolute Gasteiger partial charge is 0.490 e. The van der Waals surface area contributed by atoms with Crippen LogP contribution in [0.1, 0.15) is 85.0 Å². The second-order valence-corrected chi connectivity index (χ2v) is 9.87. The van der Waals surface area contributed by atoms with Gasteiger partial charge in [-0.25, -0.2) is 9.97 Å². The van der Waals surface area contributed by atoms with Gasteiger partial charge in [0.1, 0.15) is 5.75 Å². The fourth-order valence-electron chi connectivity index (χ4n) is 4.32. The number of benzene rings is 2. The number of unbranched alkanes of at least 4 members (excludes halogenated alkanes) is 5. The molecule has 1 heterocycles. The van der Waals surface area contributed by atoms with Crippen molar-refractivity contribution in [3.05, 3.63) is 60.9 Å². The van der Waals surface area contributed by atoms with E-state index in [1.54, 1.807) is 12.4 Å². The summed E-state index contributed by atoms with van der Waals surface area (Å²) in [7, 11) is 0. The molecule has 0 bridgehead atoms. The Balaban J connectivity index is 1.47. The number of ether oxygens (including phenoxy) is 2. The van der Waals surface area contributed by atoms with Crippen molar-refractivity contribution in [2.45, 2.75) is 85.0 Å². The first-order valence-electron chi connectivity index (χ1n) is 14.0. The van der Waals surface area contributed by atoms with Gasteiger partial charge in [-0.2, -0.15) is 0 Å². The topological polar surface area (TPSA) is 61.3 Å². The number of esters is 1. The van der Waals surface area contributed by atoms with Gasteiger partial charge in [-0.3, -0.25) is 4.79 Å². The van der Waals surface area contributed by atoms with Crippen molar-refractivity contribution >= 4 is 5.97 Å². The zero-order chi connectivity index (χ0) is 26.3. The van der Waals surface area contributed by atoms with Gasteiger partial charge in [0.15, 0.2) is 11.6 Å². The molecular formula is C32H42N2O3. The van der Waals surface area contributed by atoms with Crippen molar-refractivity contribution < 1.29 is 14.3 Å². The second-order valence-electron chi connectivity index (χ2n) is 9.87. The minimum Gasteiger partial charge on any atom is -0.490 e.